The van der Waals surface area contributed by atoms with E-state index < -0.39 is 0 Å². The molecule has 0 heterocycles. The monoisotopic (exact) mass is 97.1 g/mol. The van der Waals surface area contributed by atoms with Crippen molar-refractivity contribution in [1.29, 1.82) is 5.26 Å². The minimum absolute atomic E-state index is 0.0556. The van der Waals surface area contributed by atoms with Gasteiger partial charge in [-0.2, -0.15) is 5.26 Å². The van der Waals surface area contributed by atoms with Gasteiger partial charge in [0.2, 0.25) is 0 Å². The van der Waals surface area contributed by atoms with Gasteiger partial charge in [-0.05, 0) is 12.8 Å². The van der Waals surface area contributed by atoms with E-state index in [0.717, 1.165) is 12.8 Å². The highest BCUT2D eigenvalue weighted by Crippen LogP contribution is 2.25. The third-order valence-electron chi connectivity index (χ3n) is 1.40. The Morgan fingerprint density at radius 1 is 1.57 bits per heavy atom. The number of nitriles is 1. The van der Waals surface area contributed by atoms with Crippen LogP contribution in [0.2, 0.25) is 0 Å². The number of hydrogen-bond donors (Lipinski definition) is 1. The molecule has 1 rings (SSSR count). The smallest absolute Gasteiger partial charge is 0.0723 e. The molecular weight excluding hydrogens is 90.1 g/mol. The van der Waals surface area contributed by atoms with Gasteiger partial charge in [-0.15, -0.1) is 0 Å². The summed E-state index contributed by atoms with van der Waals surface area (Å²) in [6.45, 7) is 0. The largest absolute Gasteiger partial charge is 0.392 e. The number of aliphatic hydroxyl groups is 1. The standard InChI is InChI=1S/C5H7NO/c6-3-4-1-2-5(4)7/h4-5,7H,1-2H2. The van der Waals surface area contributed by atoms with Gasteiger partial charge in [0.05, 0.1) is 18.1 Å². The maximum atomic E-state index is 8.69. The van der Waals surface area contributed by atoms with Crippen LogP contribution in [0.3, 0.4) is 0 Å². The Hall–Kier alpha value is -0.550. The van der Waals surface area contributed by atoms with Crippen LogP contribution in [-0.2, 0) is 0 Å². The van der Waals surface area contributed by atoms with Gasteiger partial charge in [-0.3, -0.25) is 0 Å². The fraction of sp³-hybridized carbons (Fsp3) is 0.800. The van der Waals surface area contributed by atoms with E-state index in [1.54, 1.807) is 0 Å². The molecule has 0 radical (unpaired) electrons. The minimum Gasteiger partial charge on any atom is -0.392 e. The van der Waals surface area contributed by atoms with E-state index in [0.29, 0.717) is 0 Å². The van der Waals surface area contributed by atoms with Crippen LogP contribution < -0.4 is 0 Å². The number of nitrogens with zero attached hydrogens (tertiary/aromatic N) is 1. The van der Waals surface area contributed by atoms with E-state index in [1.165, 1.54) is 0 Å². The molecule has 0 amide bonds. The van der Waals surface area contributed by atoms with Gasteiger partial charge in [0.15, 0.2) is 0 Å². The fourth-order valence-corrected chi connectivity index (χ4v) is 0.633. The lowest BCUT2D eigenvalue weighted by Gasteiger charge is -2.25. The molecule has 2 nitrogen and oxygen atoms in total. The second-order valence-electron chi connectivity index (χ2n) is 1.88. The average Bonchev–Trinajstić information content (AvgIpc) is 1.65. The van der Waals surface area contributed by atoms with Crippen molar-refractivity contribution in [3.8, 4) is 6.07 Å². The zero-order chi connectivity index (χ0) is 5.28. The van der Waals surface area contributed by atoms with Gasteiger partial charge in [0.25, 0.3) is 0 Å². The second-order valence-corrected chi connectivity index (χ2v) is 1.88. The van der Waals surface area contributed by atoms with Crippen molar-refractivity contribution in [3.05, 3.63) is 0 Å². The zero-order valence-corrected chi connectivity index (χ0v) is 3.96. The molecule has 0 aromatic carbocycles. The van der Waals surface area contributed by atoms with Crippen LogP contribution in [0.4, 0.5) is 0 Å². The summed E-state index contributed by atoms with van der Waals surface area (Å²) in [5.74, 6) is -0.0556. The van der Waals surface area contributed by atoms with Crippen molar-refractivity contribution in [2.24, 2.45) is 5.92 Å². The molecule has 7 heavy (non-hydrogen) atoms. The van der Waals surface area contributed by atoms with Gasteiger partial charge in [-0.1, -0.05) is 0 Å². The first-order valence-electron chi connectivity index (χ1n) is 2.42. The molecule has 0 saturated heterocycles. The van der Waals surface area contributed by atoms with Crippen molar-refractivity contribution in [1.82, 2.24) is 0 Å². The Balaban J connectivity index is 2.33. The molecule has 2 heteroatoms. The Labute approximate surface area is 42.4 Å². The van der Waals surface area contributed by atoms with Crippen LogP contribution in [-0.4, -0.2) is 11.2 Å². The van der Waals surface area contributed by atoms with Crippen LogP contribution in [0.5, 0.6) is 0 Å². The lowest BCUT2D eigenvalue weighted by Crippen LogP contribution is -2.29. The topological polar surface area (TPSA) is 44.0 Å². The first-order chi connectivity index (χ1) is 3.34. The predicted octanol–water partition coefficient (Wildman–Crippen LogP) is 0.281. The highest BCUT2D eigenvalue weighted by Gasteiger charge is 2.27. The highest BCUT2D eigenvalue weighted by atomic mass is 16.3. The molecule has 1 saturated carbocycles. The summed E-state index contributed by atoms with van der Waals surface area (Å²) < 4.78 is 0. The van der Waals surface area contributed by atoms with E-state index in [1.807, 2.05) is 6.07 Å². The van der Waals surface area contributed by atoms with Crippen molar-refractivity contribution in [3.63, 3.8) is 0 Å². The van der Waals surface area contributed by atoms with E-state index in [9.17, 15) is 0 Å². The second kappa shape index (κ2) is 1.51. The van der Waals surface area contributed by atoms with Crippen molar-refractivity contribution in [2.75, 3.05) is 0 Å². The quantitative estimate of drug-likeness (QED) is 0.472. The molecule has 38 valence electrons. The molecule has 1 aliphatic rings. The summed E-state index contributed by atoms with van der Waals surface area (Å²) in [6.07, 6.45) is 1.39. The third kappa shape index (κ3) is 0.594. The normalized spacial score (nSPS) is 38.9. The average molecular weight is 97.1 g/mol. The summed E-state index contributed by atoms with van der Waals surface area (Å²) >= 11 is 0. The molecular formula is C5H7NO. The summed E-state index contributed by atoms with van der Waals surface area (Å²) in [5, 5.41) is 16.8. The molecule has 1 fully saturated rings. The number of aliphatic hydroxyl groups excluding tert-OH is 1. The van der Waals surface area contributed by atoms with Crippen LogP contribution in [0, 0.1) is 17.2 Å². The summed E-state index contributed by atoms with van der Waals surface area (Å²) in [4.78, 5) is 0. The van der Waals surface area contributed by atoms with Gasteiger partial charge in [-0.25, -0.2) is 0 Å². The van der Waals surface area contributed by atoms with Crippen LogP contribution in [0.1, 0.15) is 12.8 Å². The summed E-state index contributed by atoms with van der Waals surface area (Å²) in [6, 6.07) is 2.00. The highest BCUT2D eigenvalue weighted by molar-refractivity contribution is 4.95. The molecule has 1 aliphatic carbocycles. The number of hydrogen-bond acceptors (Lipinski definition) is 2. The van der Waals surface area contributed by atoms with Gasteiger partial charge < -0.3 is 5.11 Å². The molecule has 0 aromatic heterocycles. The molecule has 0 bridgehead atoms. The lowest BCUT2D eigenvalue weighted by atomic mass is 9.83. The predicted molar refractivity (Wildman–Crippen MR) is 24.3 cm³/mol. The van der Waals surface area contributed by atoms with Crippen LogP contribution >= 0.6 is 0 Å². The van der Waals surface area contributed by atoms with E-state index in [-0.39, 0.29) is 12.0 Å². The Morgan fingerprint density at radius 3 is 2.29 bits per heavy atom. The summed E-state index contributed by atoms with van der Waals surface area (Å²) in [5.41, 5.74) is 0. The Bertz CT molecular complexity index is 105. The number of rotatable bonds is 0. The molecule has 0 spiro atoms. The van der Waals surface area contributed by atoms with Crippen molar-refractivity contribution < 1.29 is 5.11 Å². The Morgan fingerprint density at radius 2 is 2.29 bits per heavy atom. The van der Waals surface area contributed by atoms with E-state index in [4.69, 9.17) is 10.4 Å². The van der Waals surface area contributed by atoms with Crippen molar-refractivity contribution >= 4 is 0 Å². The summed E-state index contributed by atoms with van der Waals surface area (Å²) in [7, 11) is 0. The molecule has 0 aliphatic heterocycles. The van der Waals surface area contributed by atoms with Gasteiger partial charge in [0.1, 0.15) is 0 Å². The minimum atomic E-state index is -0.315. The first-order valence-corrected chi connectivity index (χ1v) is 2.42. The van der Waals surface area contributed by atoms with E-state index >= 15 is 0 Å². The maximum absolute atomic E-state index is 8.69. The first kappa shape index (κ1) is 4.61. The SMILES string of the molecule is N#CC1CCC1O. The molecule has 1 N–H and O–H groups in total. The fourth-order valence-electron chi connectivity index (χ4n) is 0.633. The Kier molecular flexibility index (Phi) is 0.994. The third-order valence-corrected chi connectivity index (χ3v) is 1.40. The van der Waals surface area contributed by atoms with Gasteiger partial charge >= 0.3 is 0 Å². The molecule has 2 atom stereocenters. The lowest BCUT2D eigenvalue weighted by molar-refractivity contribution is 0.0539. The maximum Gasteiger partial charge on any atom is 0.0723 e. The molecule has 0 aromatic rings. The van der Waals surface area contributed by atoms with E-state index in [2.05, 4.69) is 0 Å². The van der Waals surface area contributed by atoms with Crippen molar-refractivity contribution in [2.45, 2.75) is 18.9 Å². The van der Waals surface area contributed by atoms with Gasteiger partial charge in [0, 0.05) is 0 Å². The molecule has 2 unspecified atom stereocenters. The van der Waals surface area contributed by atoms with Crippen LogP contribution in [0.25, 0.3) is 0 Å². The zero-order valence-electron chi connectivity index (χ0n) is 3.96. The van der Waals surface area contributed by atoms with Crippen LogP contribution in [0.15, 0.2) is 0 Å².